The van der Waals surface area contributed by atoms with Gasteiger partial charge in [-0.1, -0.05) is 48.5 Å². The molecule has 1 aliphatic heterocycles. The molecule has 0 aromatic heterocycles. The lowest BCUT2D eigenvalue weighted by molar-refractivity contribution is 0.153. The van der Waals surface area contributed by atoms with Crippen molar-refractivity contribution < 1.29 is 4.74 Å². The minimum Gasteiger partial charge on any atom is -0.492 e. The number of para-hydroxylation sites is 1. The first kappa shape index (κ1) is 17.5. The van der Waals surface area contributed by atoms with Crippen LogP contribution in [0.25, 0.3) is 0 Å². The molecule has 1 aliphatic rings. The molecule has 0 spiro atoms. The van der Waals surface area contributed by atoms with Crippen LogP contribution in [0.3, 0.4) is 0 Å². The number of nitrogens with zero attached hydrogens (tertiary/aromatic N) is 2. The number of hydrogen-bond donors (Lipinski definition) is 1. The van der Waals surface area contributed by atoms with Crippen molar-refractivity contribution in [1.82, 2.24) is 9.80 Å². The lowest BCUT2D eigenvalue weighted by Gasteiger charge is -2.36. The van der Waals surface area contributed by atoms with Gasteiger partial charge in [-0.15, -0.1) is 0 Å². The molecule has 1 N–H and O–H groups in total. The van der Waals surface area contributed by atoms with E-state index in [2.05, 4.69) is 41.8 Å². The molecule has 0 amide bonds. The van der Waals surface area contributed by atoms with Gasteiger partial charge in [0.1, 0.15) is 18.2 Å². The van der Waals surface area contributed by atoms with E-state index in [1.54, 1.807) is 0 Å². The van der Waals surface area contributed by atoms with Crippen molar-refractivity contribution in [3.63, 3.8) is 0 Å². The van der Waals surface area contributed by atoms with Crippen molar-refractivity contribution in [3.8, 4) is 5.75 Å². The van der Waals surface area contributed by atoms with Crippen LogP contribution < -0.4 is 4.74 Å². The molecule has 0 radical (unpaired) electrons. The maximum absolute atomic E-state index is 8.37. The zero-order valence-corrected chi connectivity index (χ0v) is 15.2. The van der Waals surface area contributed by atoms with Crippen molar-refractivity contribution in [3.05, 3.63) is 65.2 Å². The number of piperazine rings is 1. The number of hydrogen-bond acceptors (Lipinski definition) is 3. The molecule has 1 fully saturated rings. The summed E-state index contributed by atoms with van der Waals surface area (Å²) >= 11 is 0. The molecule has 2 aromatic carbocycles. The summed E-state index contributed by atoms with van der Waals surface area (Å²) in [6, 6.07) is 16.2. The number of ether oxygens (including phenoxy) is 1. The van der Waals surface area contributed by atoms with Crippen molar-refractivity contribution in [2.45, 2.75) is 13.8 Å². The normalized spacial score (nSPS) is 15.2. The minimum absolute atomic E-state index is 0.632. The largest absolute Gasteiger partial charge is 0.492 e. The third-order valence-electron chi connectivity index (χ3n) is 4.80. The first-order valence-corrected chi connectivity index (χ1v) is 8.95. The van der Waals surface area contributed by atoms with Gasteiger partial charge in [0.25, 0.3) is 0 Å². The highest BCUT2D eigenvalue weighted by Crippen LogP contribution is 2.22. The number of nitrogens with one attached hydrogen (secondary N) is 1. The van der Waals surface area contributed by atoms with Gasteiger partial charge in [0.05, 0.1) is 0 Å². The quantitative estimate of drug-likeness (QED) is 0.672. The van der Waals surface area contributed by atoms with Crippen LogP contribution in [0.4, 0.5) is 0 Å². The fraction of sp³-hybridized carbons (Fsp3) is 0.381. The van der Waals surface area contributed by atoms with Crippen LogP contribution in [0, 0.1) is 19.3 Å². The molecule has 4 heteroatoms. The van der Waals surface area contributed by atoms with E-state index in [1.165, 1.54) is 11.1 Å². The molecule has 2 aromatic rings. The molecule has 132 valence electrons. The van der Waals surface area contributed by atoms with Gasteiger partial charge in [0, 0.05) is 38.3 Å². The van der Waals surface area contributed by atoms with Gasteiger partial charge < -0.3 is 9.64 Å². The Hall–Kier alpha value is -2.33. The summed E-state index contributed by atoms with van der Waals surface area (Å²) in [6.45, 7) is 9.58. The zero-order valence-electron chi connectivity index (χ0n) is 15.2. The van der Waals surface area contributed by atoms with E-state index in [4.69, 9.17) is 10.1 Å². The van der Waals surface area contributed by atoms with Crippen LogP contribution in [0.1, 0.15) is 16.7 Å². The summed E-state index contributed by atoms with van der Waals surface area (Å²) in [4.78, 5) is 4.58. The van der Waals surface area contributed by atoms with Crippen LogP contribution >= 0.6 is 0 Å². The standard InChI is InChI=1S/C21H27N3O/c1-17-7-6-8-18(2)20(17)25-16-15-23-11-13-24(14-12-23)21(22)19-9-4-3-5-10-19/h3-10,22H,11-16H2,1-2H3. The third kappa shape index (κ3) is 4.40. The maximum atomic E-state index is 8.37. The van der Waals surface area contributed by atoms with Crippen molar-refractivity contribution in [2.24, 2.45) is 0 Å². The molecule has 0 unspecified atom stereocenters. The van der Waals surface area contributed by atoms with E-state index in [1.807, 2.05) is 30.3 Å². The molecular formula is C21H27N3O. The smallest absolute Gasteiger partial charge is 0.128 e. The number of rotatable bonds is 5. The summed E-state index contributed by atoms with van der Waals surface area (Å²) in [5, 5.41) is 8.37. The van der Waals surface area contributed by atoms with Crippen molar-refractivity contribution in [2.75, 3.05) is 39.3 Å². The third-order valence-corrected chi connectivity index (χ3v) is 4.80. The van der Waals surface area contributed by atoms with Gasteiger partial charge in [-0.2, -0.15) is 0 Å². The second kappa shape index (κ2) is 8.17. The monoisotopic (exact) mass is 337 g/mol. The minimum atomic E-state index is 0.632. The predicted molar refractivity (Wildman–Crippen MR) is 103 cm³/mol. The SMILES string of the molecule is Cc1cccc(C)c1OCCN1CCN(C(=N)c2ccccc2)CC1. The molecule has 0 atom stereocenters. The van der Waals surface area contributed by atoms with Crippen LogP contribution in [-0.4, -0.2) is 55.0 Å². The Bertz CT molecular complexity index is 686. The van der Waals surface area contributed by atoms with Crippen molar-refractivity contribution >= 4 is 5.84 Å². The Labute approximate surface area is 150 Å². The molecule has 0 aliphatic carbocycles. The van der Waals surface area contributed by atoms with E-state index in [0.29, 0.717) is 12.4 Å². The summed E-state index contributed by atoms with van der Waals surface area (Å²) in [7, 11) is 0. The molecule has 1 saturated heterocycles. The molecular weight excluding hydrogens is 310 g/mol. The van der Waals surface area contributed by atoms with Gasteiger partial charge in [-0.3, -0.25) is 10.3 Å². The van der Waals surface area contributed by atoms with Gasteiger partial charge in [0.2, 0.25) is 0 Å². The first-order chi connectivity index (χ1) is 12.1. The molecule has 4 nitrogen and oxygen atoms in total. The molecule has 25 heavy (non-hydrogen) atoms. The van der Waals surface area contributed by atoms with E-state index < -0.39 is 0 Å². The van der Waals surface area contributed by atoms with Crippen LogP contribution in [0.15, 0.2) is 48.5 Å². The Kier molecular flexibility index (Phi) is 5.71. The average molecular weight is 337 g/mol. The van der Waals surface area contributed by atoms with E-state index in [9.17, 15) is 0 Å². The lowest BCUT2D eigenvalue weighted by Crippen LogP contribution is -2.49. The Morgan fingerprint density at radius 2 is 1.56 bits per heavy atom. The number of aryl methyl sites for hydroxylation is 2. The Balaban J connectivity index is 1.45. The molecule has 0 saturated carbocycles. The van der Waals surface area contributed by atoms with Gasteiger partial charge in [0.15, 0.2) is 0 Å². The fourth-order valence-electron chi connectivity index (χ4n) is 3.28. The van der Waals surface area contributed by atoms with Crippen LogP contribution in [0.5, 0.6) is 5.75 Å². The number of amidine groups is 1. The van der Waals surface area contributed by atoms with E-state index >= 15 is 0 Å². The van der Waals surface area contributed by atoms with E-state index in [0.717, 1.165) is 44.0 Å². The molecule has 1 heterocycles. The Morgan fingerprint density at radius 3 is 2.20 bits per heavy atom. The lowest BCUT2D eigenvalue weighted by atomic mass is 10.1. The summed E-state index contributed by atoms with van der Waals surface area (Å²) in [5.74, 6) is 1.65. The Morgan fingerprint density at radius 1 is 0.920 bits per heavy atom. The van der Waals surface area contributed by atoms with Gasteiger partial charge in [-0.25, -0.2) is 0 Å². The highest BCUT2D eigenvalue weighted by Gasteiger charge is 2.19. The highest BCUT2D eigenvalue weighted by atomic mass is 16.5. The van der Waals surface area contributed by atoms with Gasteiger partial charge in [-0.05, 0) is 25.0 Å². The topological polar surface area (TPSA) is 39.6 Å². The first-order valence-electron chi connectivity index (χ1n) is 8.95. The summed E-state index contributed by atoms with van der Waals surface area (Å²) < 4.78 is 6.02. The molecule has 3 rings (SSSR count). The fourth-order valence-corrected chi connectivity index (χ4v) is 3.28. The average Bonchev–Trinajstić information content (AvgIpc) is 2.65. The highest BCUT2D eigenvalue weighted by molar-refractivity contribution is 5.96. The van der Waals surface area contributed by atoms with Gasteiger partial charge >= 0.3 is 0 Å². The van der Waals surface area contributed by atoms with Crippen LogP contribution in [-0.2, 0) is 0 Å². The van der Waals surface area contributed by atoms with Crippen molar-refractivity contribution in [1.29, 1.82) is 5.41 Å². The summed E-state index contributed by atoms with van der Waals surface area (Å²) in [5.41, 5.74) is 3.39. The molecule has 0 bridgehead atoms. The number of benzene rings is 2. The zero-order chi connectivity index (χ0) is 17.6. The second-order valence-corrected chi connectivity index (χ2v) is 6.61. The van der Waals surface area contributed by atoms with Crippen LogP contribution in [0.2, 0.25) is 0 Å². The predicted octanol–water partition coefficient (Wildman–Crippen LogP) is 3.33. The second-order valence-electron chi connectivity index (χ2n) is 6.61. The summed E-state index contributed by atoms with van der Waals surface area (Å²) in [6.07, 6.45) is 0. The maximum Gasteiger partial charge on any atom is 0.128 e. The van der Waals surface area contributed by atoms with E-state index in [-0.39, 0.29) is 0 Å².